The van der Waals surface area contributed by atoms with E-state index in [0.29, 0.717) is 42.0 Å². The number of carbonyl (C=O) groups excluding carboxylic acids is 1. The lowest BCUT2D eigenvalue weighted by Gasteiger charge is -2.58. The van der Waals surface area contributed by atoms with Gasteiger partial charge in [0.1, 0.15) is 0 Å². The van der Waals surface area contributed by atoms with Gasteiger partial charge in [0.2, 0.25) is 5.83 Å². The third-order valence-electron chi connectivity index (χ3n) is 8.84. The van der Waals surface area contributed by atoms with Crippen LogP contribution in [0.25, 0.3) is 0 Å². The second-order valence-electron chi connectivity index (χ2n) is 9.66. The molecule has 5 atom stereocenters. The molecule has 3 nitrogen and oxygen atoms in total. The summed E-state index contributed by atoms with van der Waals surface area (Å²) in [5.74, 6) is -0.536. The van der Waals surface area contributed by atoms with Crippen molar-refractivity contribution < 1.29 is 19.1 Å². The van der Waals surface area contributed by atoms with Crippen LogP contribution >= 0.6 is 0 Å². The average molecular weight is 374 g/mol. The number of hydrogen-bond acceptors (Lipinski definition) is 2. The van der Waals surface area contributed by atoms with Gasteiger partial charge in [0.25, 0.3) is 0 Å². The van der Waals surface area contributed by atoms with Crippen LogP contribution in [0.3, 0.4) is 0 Å². The summed E-state index contributed by atoms with van der Waals surface area (Å²) >= 11 is 0. The smallest absolute Gasteiger partial charge is 0.364 e. The first-order chi connectivity index (χ1) is 12.7. The van der Waals surface area contributed by atoms with E-state index in [9.17, 15) is 19.1 Å². The SMILES string of the molecule is CCC1=C2CC[C@@H]3[C@H](CC[C@]4(C)C(=C(F)C(=O)O)CC[C@@H]34)[C@@]2(C)CCC1=O. The number of ketones is 1. The molecule has 3 saturated carbocycles. The van der Waals surface area contributed by atoms with E-state index in [2.05, 4.69) is 20.8 Å². The van der Waals surface area contributed by atoms with E-state index in [-0.39, 0.29) is 10.8 Å². The fourth-order valence-electron chi connectivity index (χ4n) is 7.54. The van der Waals surface area contributed by atoms with E-state index in [1.807, 2.05) is 0 Å². The molecule has 4 heteroatoms. The highest BCUT2D eigenvalue weighted by molar-refractivity contribution is 5.97. The molecule has 0 unspecified atom stereocenters. The maximum absolute atomic E-state index is 14.4. The van der Waals surface area contributed by atoms with Gasteiger partial charge in [-0.2, -0.15) is 4.39 Å². The zero-order chi connectivity index (χ0) is 19.6. The van der Waals surface area contributed by atoms with Crippen LogP contribution in [0, 0.1) is 28.6 Å². The Morgan fingerprint density at radius 2 is 1.78 bits per heavy atom. The summed E-state index contributed by atoms with van der Waals surface area (Å²) < 4.78 is 14.4. The van der Waals surface area contributed by atoms with Gasteiger partial charge in [-0.25, -0.2) is 4.79 Å². The van der Waals surface area contributed by atoms with Crippen molar-refractivity contribution in [1.29, 1.82) is 0 Å². The van der Waals surface area contributed by atoms with Crippen LogP contribution in [0.4, 0.5) is 4.39 Å². The highest BCUT2D eigenvalue weighted by Gasteiger charge is 2.58. The average Bonchev–Trinajstić information content (AvgIpc) is 2.98. The number of hydrogen-bond donors (Lipinski definition) is 1. The Labute approximate surface area is 161 Å². The molecule has 0 aromatic rings. The van der Waals surface area contributed by atoms with Gasteiger partial charge in [-0.3, -0.25) is 4.79 Å². The van der Waals surface area contributed by atoms with Gasteiger partial charge >= 0.3 is 5.97 Å². The first-order valence-corrected chi connectivity index (χ1v) is 10.6. The maximum Gasteiger partial charge on any atom is 0.364 e. The zero-order valence-electron chi connectivity index (χ0n) is 16.7. The minimum absolute atomic E-state index is 0.0985. The summed E-state index contributed by atoms with van der Waals surface area (Å²) in [4.78, 5) is 23.7. The van der Waals surface area contributed by atoms with Crippen molar-refractivity contribution in [2.45, 2.75) is 78.6 Å². The Bertz CT molecular complexity index is 764. The summed E-state index contributed by atoms with van der Waals surface area (Å²) in [6.45, 7) is 6.57. The second kappa shape index (κ2) is 6.28. The van der Waals surface area contributed by atoms with Gasteiger partial charge in [0, 0.05) is 6.42 Å². The summed E-state index contributed by atoms with van der Waals surface area (Å²) in [6, 6.07) is 0. The molecule has 0 amide bonds. The number of carbonyl (C=O) groups is 2. The predicted molar refractivity (Wildman–Crippen MR) is 102 cm³/mol. The molecule has 4 aliphatic carbocycles. The van der Waals surface area contributed by atoms with Crippen molar-refractivity contribution in [2.75, 3.05) is 0 Å². The Morgan fingerprint density at radius 1 is 1.07 bits per heavy atom. The second-order valence-corrected chi connectivity index (χ2v) is 9.66. The molecule has 3 fully saturated rings. The Morgan fingerprint density at radius 3 is 2.44 bits per heavy atom. The van der Waals surface area contributed by atoms with Crippen molar-refractivity contribution in [1.82, 2.24) is 0 Å². The zero-order valence-corrected chi connectivity index (χ0v) is 16.7. The Hall–Kier alpha value is -1.45. The number of carboxylic acid groups (broad SMARTS) is 1. The fraction of sp³-hybridized carbons (Fsp3) is 0.739. The molecule has 0 saturated heterocycles. The summed E-state index contributed by atoms with van der Waals surface area (Å²) in [5.41, 5.74) is 2.84. The van der Waals surface area contributed by atoms with Gasteiger partial charge in [-0.1, -0.05) is 26.3 Å². The molecule has 0 radical (unpaired) electrons. The third kappa shape index (κ3) is 2.51. The molecule has 0 heterocycles. The molecule has 0 aliphatic heterocycles. The van der Waals surface area contributed by atoms with Crippen LogP contribution in [-0.2, 0) is 9.59 Å². The third-order valence-corrected chi connectivity index (χ3v) is 8.84. The Kier molecular flexibility index (Phi) is 4.40. The number of fused-ring (bicyclic) bond motifs is 5. The summed E-state index contributed by atoms with van der Waals surface area (Å²) in [6.07, 6.45) is 7.86. The van der Waals surface area contributed by atoms with E-state index in [0.717, 1.165) is 50.5 Å². The van der Waals surface area contributed by atoms with Gasteiger partial charge in [0.05, 0.1) is 0 Å². The first-order valence-electron chi connectivity index (χ1n) is 10.6. The van der Waals surface area contributed by atoms with Crippen molar-refractivity contribution in [3.05, 3.63) is 22.5 Å². The van der Waals surface area contributed by atoms with Crippen molar-refractivity contribution in [3.63, 3.8) is 0 Å². The van der Waals surface area contributed by atoms with Crippen molar-refractivity contribution >= 4 is 11.8 Å². The molecule has 0 spiro atoms. The molecule has 0 aromatic carbocycles. The van der Waals surface area contributed by atoms with E-state index in [1.165, 1.54) is 5.57 Å². The maximum atomic E-state index is 14.4. The quantitative estimate of drug-likeness (QED) is 0.640. The highest BCUT2D eigenvalue weighted by Crippen LogP contribution is 2.67. The van der Waals surface area contributed by atoms with E-state index in [1.54, 1.807) is 0 Å². The summed E-state index contributed by atoms with van der Waals surface area (Å²) in [7, 11) is 0. The lowest BCUT2D eigenvalue weighted by atomic mass is 9.46. The van der Waals surface area contributed by atoms with E-state index < -0.39 is 11.8 Å². The monoisotopic (exact) mass is 374 g/mol. The van der Waals surface area contributed by atoms with Gasteiger partial charge in [-0.05, 0) is 91.1 Å². The fourth-order valence-corrected chi connectivity index (χ4v) is 7.54. The van der Waals surface area contributed by atoms with Gasteiger partial charge in [0.15, 0.2) is 5.78 Å². The molecule has 27 heavy (non-hydrogen) atoms. The normalized spacial score (nSPS) is 43.1. The van der Waals surface area contributed by atoms with Crippen LogP contribution in [-0.4, -0.2) is 16.9 Å². The summed E-state index contributed by atoms with van der Waals surface area (Å²) in [5, 5.41) is 9.19. The molecule has 1 N–H and O–H groups in total. The minimum atomic E-state index is -1.41. The molecular weight excluding hydrogens is 343 g/mol. The number of allylic oxidation sites excluding steroid dienone is 2. The van der Waals surface area contributed by atoms with Crippen LogP contribution < -0.4 is 0 Å². The highest BCUT2D eigenvalue weighted by atomic mass is 19.1. The van der Waals surface area contributed by atoms with Crippen molar-refractivity contribution in [2.24, 2.45) is 28.6 Å². The van der Waals surface area contributed by atoms with Crippen LogP contribution in [0.5, 0.6) is 0 Å². The standard InChI is InChI=1S/C23H31FO3/c1-4-13-15-6-5-14-16-7-8-18(20(24)21(26)27)23(16,3)11-9-17(14)22(15,2)12-10-19(13)25/h14,16-17H,4-12H2,1-3H3,(H,26,27)/t14-,16-,17-,22-,23-/m0/s1. The molecule has 148 valence electrons. The van der Waals surface area contributed by atoms with E-state index in [4.69, 9.17) is 0 Å². The molecule has 4 aliphatic rings. The molecule has 4 rings (SSSR count). The first kappa shape index (κ1) is 18.9. The topological polar surface area (TPSA) is 54.4 Å². The number of halogens is 1. The van der Waals surface area contributed by atoms with Crippen LogP contribution in [0.2, 0.25) is 0 Å². The van der Waals surface area contributed by atoms with Gasteiger partial charge in [-0.15, -0.1) is 0 Å². The Balaban J connectivity index is 1.72. The number of rotatable bonds is 2. The molecule has 0 bridgehead atoms. The predicted octanol–water partition coefficient (Wildman–Crippen LogP) is 5.61. The van der Waals surface area contributed by atoms with Crippen LogP contribution in [0.1, 0.15) is 78.6 Å². The lowest BCUT2D eigenvalue weighted by Crippen LogP contribution is -2.50. The largest absolute Gasteiger partial charge is 0.476 e. The number of aliphatic carboxylic acids is 1. The molecular formula is C23H31FO3. The van der Waals surface area contributed by atoms with Crippen molar-refractivity contribution in [3.8, 4) is 0 Å². The number of carboxylic acids is 1. The van der Waals surface area contributed by atoms with Crippen LogP contribution in [0.15, 0.2) is 22.5 Å². The van der Waals surface area contributed by atoms with Gasteiger partial charge < -0.3 is 5.11 Å². The number of Topliss-reactive ketones (excluding diaryl/α,β-unsaturated/α-hetero) is 1. The minimum Gasteiger partial charge on any atom is -0.476 e. The lowest BCUT2D eigenvalue weighted by molar-refractivity contribution is -0.134. The van der Waals surface area contributed by atoms with E-state index >= 15 is 0 Å². The molecule has 0 aromatic heterocycles.